The van der Waals surface area contributed by atoms with Crippen LogP contribution in [0.5, 0.6) is 0 Å². The van der Waals surface area contributed by atoms with E-state index in [1.165, 1.54) is 17.5 Å². The molecule has 1 amide bonds. The van der Waals surface area contributed by atoms with Crippen LogP contribution in [-0.4, -0.2) is 23.9 Å². The lowest BCUT2D eigenvalue weighted by Crippen LogP contribution is -2.37. The summed E-state index contributed by atoms with van der Waals surface area (Å²) in [6, 6.07) is 8.43. The zero-order valence-corrected chi connectivity index (χ0v) is 8.78. The fraction of sp³-hybridized carbons (Fsp3) is 0.462. The average molecular weight is 201 g/mol. The monoisotopic (exact) mass is 201 g/mol. The number of piperidine rings is 1. The van der Waals surface area contributed by atoms with Gasteiger partial charge in [0.15, 0.2) is 0 Å². The standard InChI is InChI=1S/C13H15NO/c15-13-8-10-4-1-2-6-12(10)11-5-3-7-14(13)9-11/h1-2,4,6,11H,3,5,7-9H2. The Labute approximate surface area is 89.9 Å². The van der Waals surface area contributed by atoms with Gasteiger partial charge in [-0.2, -0.15) is 0 Å². The molecule has 1 saturated heterocycles. The Morgan fingerprint density at radius 2 is 2.13 bits per heavy atom. The van der Waals surface area contributed by atoms with E-state index in [9.17, 15) is 4.79 Å². The molecule has 0 radical (unpaired) electrons. The summed E-state index contributed by atoms with van der Waals surface area (Å²) in [7, 11) is 0. The van der Waals surface area contributed by atoms with Gasteiger partial charge in [0.1, 0.15) is 0 Å². The molecule has 15 heavy (non-hydrogen) atoms. The third-order valence-electron chi connectivity index (χ3n) is 3.61. The molecule has 2 aliphatic heterocycles. The first kappa shape index (κ1) is 8.96. The number of nitrogens with zero attached hydrogens (tertiary/aromatic N) is 1. The maximum Gasteiger partial charge on any atom is 0.227 e. The molecule has 0 N–H and O–H groups in total. The van der Waals surface area contributed by atoms with Crippen LogP contribution in [0.15, 0.2) is 24.3 Å². The van der Waals surface area contributed by atoms with Gasteiger partial charge < -0.3 is 4.90 Å². The first-order chi connectivity index (χ1) is 7.34. The third kappa shape index (κ3) is 1.44. The molecule has 1 aromatic carbocycles. The number of rotatable bonds is 0. The van der Waals surface area contributed by atoms with Gasteiger partial charge in [-0.15, -0.1) is 0 Å². The first-order valence-electron chi connectivity index (χ1n) is 5.70. The Kier molecular flexibility index (Phi) is 2.01. The van der Waals surface area contributed by atoms with Crippen molar-refractivity contribution in [2.45, 2.75) is 25.2 Å². The first-order valence-corrected chi connectivity index (χ1v) is 5.70. The van der Waals surface area contributed by atoms with Gasteiger partial charge in [-0.05, 0) is 24.0 Å². The van der Waals surface area contributed by atoms with Gasteiger partial charge in [0.05, 0.1) is 6.42 Å². The highest BCUT2D eigenvalue weighted by Crippen LogP contribution is 2.32. The summed E-state index contributed by atoms with van der Waals surface area (Å²) < 4.78 is 0. The van der Waals surface area contributed by atoms with Crippen molar-refractivity contribution >= 4 is 5.91 Å². The summed E-state index contributed by atoms with van der Waals surface area (Å²) in [4.78, 5) is 13.9. The maximum absolute atomic E-state index is 11.9. The van der Waals surface area contributed by atoms with Crippen LogP contribution in [0.4, 0.5) is 0 Å². The van der Waals surface area contributed by atoms with Crippen molar-refractivity contribution in [3.8, 4) is 0 Å². The van der Waals surface area contributed by atoms with Crippen LogP contribution in [0.2, 0.25) is 0 Å². The number of amides is 1. The van der Waals surface area contributed by atoms with Gasteiger partial charge in [-0.1, -0.05) is 24.3 Å². The lowest BCUT2D eigenvalue weighted by Gasteiger charge is -2.30. The second-order valence-corrected chi connectivity index (χ2v) is 4.55. The fourth-order valence-corrected chi connectivity index (χ4v) is 2.83. The van der Waals surface area contributed by atoms with Crippen LogP contribution < -0.4 is 0 Å². The number of hydrogen-bond acceptors (Lipinski definition) is 1. The highest BCUT2D eigenvalue weighted by atomic mass is 16.2. The summed E-state index contributed by atoms with van der Waals surface area (Å²) in [5.74, 6) is 0.894. The molecule has 2 heterocycles. The van der Waals surface area contributed by atoms with E-state index < -0.39 is 0 Å². The van der Waals surface area contributed by atoms with E-state index in [-0.39, 0.29) is 0 Å². The number of hydrogen-bond donors (Lipinski definition) is 0. The molecular formula is C13H15NO. The molecule has 1 fully saturated rings. The minimum Gasteiger partial charge on any atom is -0.342 e. The predicted molar refractivity (Wildman–Crippen MR) is 58.7 cm³/mol. The average Bonchev–Trinajstić information content (AvgIpc) is 2.37. The quantitative estimate of drug-likeness (QED) is 0.628. The van der Waals surface area contributed by atoms with E-state index in [1.54, 1.807) is 0 Å². The zero-order chi connectivity index (χ0) is 10.3. The molecule has 2 nitrogen and oxygen atoms in total. The maximum atomic E-state index is 11.9. The second-order valence-electron chi connectivity index (χ2n) is 4.55. The van der Waals surface area contributed by atoms with Crippen molar-refractivity contribution in [2.75, 3.05) is 13.1 Å². The Hall–Kier alpha value is -1.31. The largest absolute Gasteiger partial charge is 0.342 e. The summed E-state index contributed by atoms with van der Waals surface area (Å²) in [5, 5.41) is 0. The van der Waals surface area contributed by atoms with Gasteiger partial charge in [0, 0.05) is 19.0 Å². The summed E-state index contributed by atoms with van der Waals surface area (Å²) >= 11 is 0. The van der Waals surface area contributed by atoms with E-state index in [2.05, 4.69) is 18.2 Å². The van der Waals surface area contributed by atoms with Crippen LogP contribution in [0.1, 0.15) is 29.9 Å². The van der Waals surface area contributed by atoms with Crippen LogP contribution in [0, 0.1) is 0 Å². The summed E-state index contributed by atoms with van der Waals surface area (Å²) in [6.45, 7) is 1.90. The highest BCUT2D eigenvalue weighted by Gasteiger charge is 2.29. The fourth-order valence-electron chi connectivity index (χ4n) is 2.83. The van der Waals surface area contributed by atoms with Crippen LogP contribution in [-0.2, 0) is 11.2 Å². The summed E-state index contributed by atoms with van der Waals surface area (Å²) in [6.07, 6.45) is 3.00. The van der Waals surface area contributed by atoms with Crippen LogP contribution >= 0.6 is 0 Å². The molecule has 1 unspecified atom stereocenters. The van der Waals surface area contributed by atoms with Crippen LogP contribution in [0.3, 0.4) is 0 Å². The minimum absolute atomic E-state index is 0.310. The van der Waals surface area contributed by atoms with Gasteiger partial charge in [0.25, 0.3) is 0 Å². The summed E-state index contributed by atoms with van der Waals surface area (Å²) in [5.41, 5.74) is 2.66. The molecule has 0 aliphatic carbocycles. The van der Waals surface area contributed by atoms with Crippen LogP contribution in [0.25, 0.3) is 0 Å². The van der Waals surface area contributed by atoms with Gasteiger partial charge in [0.2, 0.25) is 5.91 Å². The molecular weight excluding hydrogens is 186 g/mol. The number of fused-ring (bicyclic) bond motifs is 4. The zero-order valence-electron chi connectivity index (χ0n) is 8.78. The van der Waals surface area contributed by atoms with Crippen molar-refractivity contribution in [3.63, 3.8) is 0 Å². The van der Waals surface area contributed by atoms with E-state index in [4.69, 9.17) is 0 Å². The third-order valence-corrected chi connectivity index (χ3v) is 3.61. The topological polar surface area (TPSA) is 20.3 Å². The lowest BCUT2D eigenvalue weighted by molar-refractivity contribution is -0.131. The highest BCUT2D eigenvalue weighted by molar-refractivity contribution is 5.80. The van der Waals surface area contributed by atoms with E-state index >= 15 is 0 Å². The molecule has 0 saturated carbocycles. The van der Waals surface area contributed by atoms with E-state index in [0.29, 0.717) is 18.2 Å². The normalized spacial score (nSPS) is 24.7. The molecule has 78 valence electrons. The van der Waals surface area contributed by atoms with E-state index in [1.807, 2.05) is 11.0 Å². The lowest BCUT2D eigenvalue weighted by atomic mass is 9.89. The van der Waals surface area contributed by atoms with Crippen molar-refractivity contribution in [2.24, 2.45) is 0 Å². The smallest absolute Gasteiger partial charge is 0.227 e. The van der Waals surface area contributed by atoms with Crippen molar-refractivity contribution in [1.82, 2.24) is 4.90 Å². The van der Waals surface area contributed by atoms with Gasteiger partial charge in [-0.3, -0.25) is 4.79 Å². The van der Waals surface area contributed by atoms with Crippen molar-refractivity contribution < 1.29 is 4.79 Å². The molecule has 1 aromatic rings. The second kappa shape index (κ2) is 3.37. The van der Waals surface area contributed by atoms with Gasteiger partial charge >= 0.3 is 0 Å². The van der Waals surface area contributed by atoms with Crippen molar-refractivity contribution in [1.29, 1.82) is 0 Å². The SMILES string of the molecule is O=C1Cc2ccccc2C2CCCN1C2. The van der Waals surface area contributed by atoms with E-state index in [0.717, 1.165) is 19.5 Å². The van der Waals surface area contributed by atoms with Crippen molar-refractivity contribution in [3.05, 3.63) is 35.4 Å². The minimum atomic E-state index is 0.310. The Balaban J connectivity index is 2.07. The Bertz CT molecular complexity index is 399. The molecule has 2 aliphatic rings. The number of carbonyl (C=O) groups excluding carboxylic acids is 1. The molecule has 1 atom stereocenters. The molecule has 2 bridgehead atoms. The molecule has 3 rings (SSSR count). The number of benzene rings is 1. The molecule has 0 spiro atoms. The Morgan fingerprint density at radius 1 is 1.27 bits per heavy atom. The van der Waals surface area contributed by atoms with Gasteiger partial charge in [-0.25, -0.2) is 0 Å². The molecule has 0 aromatic heterocycles. The predicted octanol–water partition coefficient (Wildman–Crippen LogP) is 1.95. The molecule has 2 heteroatoms. The number of carbonyl (C=O) groups is 1. The Morgan fingerprint density at radius 3 is 3.07 bits per heavy atom.